The topological polar surface area (TPSA) is 45.2 Å². The molecule has 6 nitrogen and oxygen atoms in total. The van der Waals surface area contributed by atoms with Gasteiger partial charge in [0, 0.05) is 26.1 Å². The first-order valence-corrected chi connectivity index (χ1v) is 9.59. The summed E-state index contributed by atoms with van der Waals surface area (Å²) in [5.41, 5.74) is 1.76. The zero-order valence-corrected chi connectivity index (χ0v) is 16.2. The van der Waals surface area contributed by atoms with Gasteiger partial charge >= 0.3 is 0 Å². The molecule has 0 radical (unpaired) electrons. The van der Waals surface area contributed by atoms with Crippen molar-refractivity contribution in [2.24, 2.45) is 0 Å². The Labute approximate surface area is 160 Å². The second kappa shape index (κ2) is 7.11. The third-order valence-corrected chi connectivity index (χ3v) is 5.73. The van der Waals surface area contributed by atoms with E-state index in [-0.39, 0.29) is 11.8 Å². The van der Waals surface area contributed by atoms with Crippen LogP contribution in [0.25, 0.3) is 0 Å². The van der Waals surface area contributed by atoms with Crippen molar-refractivity contribution in [2.45, 2.75) is 38.5 Å². The Morgan fingerprint density at radius 1 is 1.22 bits per heavy atom. The van der Waals surface area contributed by atoms with Crippen LogP contribution in [0, 0.1) is 0 Å². The van der Waals surface area contributed by atoms with E-state index in [1.165, 1.54) is 5.56 Å². The molecule has 0 amide bonds. The number of hydrazine groups is 1. The maximum absolute atomic E-state index is 11.9. The molecule has 2 unspecified atom stereocenters. The summed E-state index contributed by atoms with van der Waals surface area (Å²) < 4.78 is 6.28. The molecule has 1 aromatic rings. The molecule has 0 spiro atoms. The van der Waals surface area contributed by atoms with Gasteiger partial charge in [0.25, 0.3) is 0 Å². The minimum atomic E-state index is -0.476. The number of piperazine rings is 1. The number of rotatable bonds is 4. The van der Waals surface area contributed by atoms with E-state index >= 15 is 0 Å². The van der Waals surface area contributed by atoms with Gasteiger partial charge in [-0.15, -0.1) is 0 Å². The van der Waals surface area contributed by atoms with Gasteiger partial charge in [0.1, 0.15) is 5.76 Å². The normalized spacial score (nSPS) is 29.2. The summed E-state index contributed by atoms with van der Waals surface area (Å²) in [6.45, 7) is 6.63. The summed E-state index contributed by atoms with van der Waals surface area (Å²) in [6, 6.07) is 10.6. The monoisotopic (exact) mass is 369 g/mol. The zero-order chi connectivity index (χ0) is 19.0. The van der Waals surface area contributed by atoms with Crippen LogP contribution in [0.5, 0.6) is 0 Å². The lowest BCUT2D eigenvalue weighted by Crippen LogP contribution is -2.59. The summed E-state index contributed by atoms with van der Waals surface area (Å²) in [5.74, 6) is 0.887. The number of hydrogen-bond acceptors (Lipinski definition) is 6. The largest absolute Gasteiger partial charge is 0.469 e. The first kappa shape index (κ1) is 18.2. The van der Waals surface area contributed by atoms with E-state index in [4.69, 9.17) is 9.57 Å². The summed E-state index contributed by atoms with van der Waals surface area (Å²) in [5, 5.41) is 6.65. The SMILES string of the molecule is CCC1(C)OC2=C(C=CC(=O)C2)N1N1CCN(OC)C(c2ccccc2)C1. The molecule has 4 rings (SSSR count). The fourth-order valence-corrected chi connectivity index (χ4v) is 4.19. The third-order valence-electron chi connectivity index (χ3n) is 5.73. The van der Waals surface area contributed by atoms with Crippen LogP contribution in [-0.4, -0.2) is 53.3 Å². The number of carbonyl (C=O) groups is 1. The number of hydroxylamine groups is 2. The number of ketones is 1. The molecule has 2 aliphatic heterocycles. The number of hydrogen-bond donors (Lipinski definition) is 0. The molecule has 2 heterocycles. The Morgan fingerprint density at radius 2 is 2.00 bits per heavy atom. The predicted molar refractivity (Wildman–Crippen MR) is 102 cm³/mol. The second-order valence-corrected chi connectivity index (χ2v) is 7.39. The average molecular weight is 369 g/mol. The van der Waals surface area contributed by atoms with Crippen LogP contribution in [0.15, 0.2) is 53.9 Å². The second-order valence-electron chi connectivity index (χ2n) is 7.39. The van der Waals surface area contributed by atoms with Crippen LogP contribution in [0.3, 0.4) is 0 Å². The average Bonchev–Trinajstić information content (AvgIpc) is 3.00. The number of ether oxygens (including phenoxy) is 1. The molecule has 0 bridgehead atoms. The number of benzene rings is 1. The highest BCUT2D eigenvalue weighted by Gasteiger charge is 2.47. The van der Waals surface area contributed by atoms with E-state index in [9.17, 15) is 4.79 Å². The van der Waals surface area contributed by atoms with Crippen molar-refractivity contribution in [3.63, 3.8) is 0 Å². The van der Waals surface area contributed by atoms with E-state index in [1.807, 2.05) is 17.2 Å². The van der Waals surface area contributed by atoms with Crippen molar-refractivity contribution in [1.29, 1.82) is 0 Å². The lowest BCUT2D eigenvalue weighted by Gasteiger charge is -2.48. The Bertz CT molecular complexity index is 776. The molecular weight excluding hydrogens is 342 g/mol. The molecule has 0 saturated carbocycles. The molecule has 1 fully saturated rings. The van der Waals surface area contributed by atoms with Gasteiger partial charge in [-0.25, -0.2) is 5.01 Å². The van der Waals surface area contributed by atoms with Gasteiger partial charge < -0.3 is 9.57 Å². The van der Waals surface area contributed by atoms with Gasteiger partial charge in [-0.2, -0.15) is 5.06 Å². The van der Waals surface area contributed by atoms with Gasteiger partial charge in [-0.05, 0) is 24.6 Å². The summed E-state index contributed by atoms with van der Waals surface area (Å²) >= 11 is 0. The maximum Gasteiger partial charge on any atom is 0.193 e. The number of nitrogens with zero attached hydrogens (tertiary/aromatic N) is 3. The number of allylic oxidation sites excluding steroid dienone is 3. The molecule has 144 valence electrons. The van der Waals surface area contributed by atoms with Crippen LogP contribution >= 0.6 is 0 Å². The maximum atomic E-state index is 11.9. The minimum absolute atomic E-state index is 0.0976. The van der Waals surface area contributed by atoms with Crippen molar-refractivity contribution >= 4 is 5.78 Å². The fourth-order valence-electron chi connectivity index (χ4n) is 4.19. The Hall–Kier alpha value is -2.15. The highest BCUT2D eigenvalue weighted by Crippen LogP contribution is 2.42. The van der Waals surface area contributed by atoms with Gasteiger partial charge in [0.2, 0.25) is 0 Å². The third kappa shape index (κ3) is 3.18. The predicted octanol–water partition coefficient (Wildman–Crippen LogP) is 3.02. The molecule has 1 aromatic carbocycles. The van der Waals surface area contributed by atoms with Crippen LogP contribution in [0.2, 0.25) is 0 Å². The summed E-state index contributed by atoms with van der Waals surface area (Å²) in [7, 11) is 1.73. The molecule has 2 atom stereocenters. The van der Waals surface area contributed by atoms with Crippen LogP contribution in [-0.2, 0) is 14.4 Å². The highest BCUT2D eigenvalue weighted by atomic mass is 16.7. The molecule has 1 saturated heterocycles. The van der Waals surface area contributed by atoms with Crippen molar-refractivity contribution in [1.82, 2.24) is 15.1 Å². The quantitative estimate of drug-likeness (QED) is 0.813. The lowest BCUT2D eigenvalue weighted by atomic mass is 10.0. The molecule has 3 aliphatic rings. The van der Waals surface area contributed by atoms with E-state index in [0.717, 1.165) is 37.5 Å². The van der Waals surface area contributed by atoms with Gasteiger partial charge in [-0.1, -0.05) is 37.3 Å². The summed E-state index contributed by atoms with van der Waals surface area (Å²) in [4.78, 5) is 17.5. The molecule has 6 heteroatoms. The van der Waals surface area contributed by atoms with Crippen molar-refractivity contribution in [3.05, 3.63) is 59.5 Å². The first-order valence-electron chi connectivity index (χ1n) is 9.59. The number of carbonyl (C=O) groups excluding carboxylic acids is 1. The molecule has 0 aromatic heterocycles. The van der Waals surface area contributed by atoms with Crippen LogP contribution in [0.1, 0.15) is 38.3 Å². The van der Waals surface area contributed by atoms with Gasteiger partial charge in [0.05, 0.1) is 25.3 Å². The lowest BCUT2D eigenvalue weighted by molar-refractivity contribution is -0.235. The molecular formula is C21H27N3O3. The van der Waals surface area contributed by atoms with E-state index in [0.29, 0.717) is 6.42 Å². The summed E-state index contributed by atoms with van der Waals surface area (Å²) in [6.07, 6.45) is 4.74. The van der Waals surface area contributed by atoms with Crippen molar-refractivity contribution in [3.8, 4) is 0 Å². The van der Waals surface area contributed by atoms with Crippen LogP contribution < -0.4 is 0 Å². The zero-order valence-electron chi connectivity index (χ0n) is 16.2. The van der Waals surface area contributed by atoms with Crippen molar-refractivity contribution < 1.29 is 14.4 Å². The Balaban J connectivity index is 1.65. The Kier molecular flexibility index (Phi) is 4.80. The Morgan fingerprint density at radius 3 is 2.70 bits per heavy atom. The first-order chi connectivity index (χ1) is 13.1. The van der Waals surface area contributed by atoms with Crippen LogP contribution in [0.4, 0.5) is 0 Å². The van der Waals surface area contributed by atoms with Gasteiger partial charge in [0.15, 0.2) is 11.5 Å². The highest BCUT2D eigenvalue weighted by molar-refractivity contribution is 5.93. The standard InChI is InChI=1S/C21H27N3O3/c1-4-21(2)24(18-11-10-17(25)14-20(18)27-21)22-12-13-23(26-3)19(15-22)16-8-6-5-7-9-16/h5-11,19H,4,12-15H2,1-3H3. The molecule has 27 heavy (non-hydrogen) atoms. The van der Waals surface area contributed by atoms with E-state index in [2.05, 4.69) is 48.1 Å². The van der Waals surface area contributed by atoms with E-state index < -0.39 is 5.72 Å². The minimum Gasteiger partial charge on any atom is -0.469 e. The molecule has 1 aliphatic carbocycles. The molecule has 0 N–H and O–H groups in total. The van der Waals surface area contributed by atoms with E-state index in [1.54, 1.807) is 13.2 Å². The van der Waals surface area contributed by atoms with Gasteiger partial charge in [-0.3, -0.25) is 9.80 Å². The smallest absolute Gasteiger partial charge is 0.193 e. The van der Waals surface area contributed by atoms with Crippen molar-refractivity contribution in [2.75, 3.05) is 26.7 Å². The fraction of sp³-hybridized carbons (Fsp3) is 0.476.